The van der Waals surface area contributed by atoms with E-state index in [9.17, 15) is 9.59 Å². The van der Waals surface area contributed by atoms with E-state index in [1.165, 1.54) is 6.92 Å². The second-order valence-corrected chi connectivity index (χ2v) is 4.00. The number of benzene rings is 1. The van der Waals surface area contributed by atoms with Gasteiger partial charge >= 0.3 is 5.97 Å². The lowest BCUT2D eigenvalue weighted by molar-refractivity contribution is -0.125. The van der Waals surface area contributed by atoms with E-state index in [0.717, 1.165) is 5.39 Å². The number of esters is 1. The van der Waals surface area contributed by atoms with Crippen molar-refractivity contribution in [3.05, 3.63) is 35.6 Å². The van der Waals surface area contributed by atoms with Crippen molar-refractivity contribution in [2.45, 2.75) is 20.0 Å². The molecule has 1 amide bonds. The fourth-order valence-corrected chi connectivity index (χ4v) is 1.64. The molecule has 1 aromatic heterocycles. The second kappa shape index (κ2) is 4.52. The molecule has 0 aliphatic rings. The highest BCUT2D eigenvalue weighted by atomic mass is 16.6. The van der Waals surface area contributed by atoms with Crippen LogP contribution in [0.15, 0.2) is 28.7 Å². The molecule has 0 saturated carbocycles. The molecule has 0 saturated heterocycles. The first-order chi connectivity index (χ1) is 8.50. The molecule has 0 fully saturated rings. The minimum absolute atomic E-state index is 0.101. The van der Waals surface area contributed by atoms with Gasteiger partial charge in [-0.3, -0.25) is 4.79 Å². The molecule has 94 valence electrons. The van der Waals surface area contributed by atoms with Gasteiger partial charge in [0.1, 0.15) is 5.58 Å². The minimum atomic E-state index is -0.981. The van der Waals surface area contributed by atoms with E-state index in [0.29, 0.717) is 11.1 Å². The van der Waals surface area contributed by atoms with Crippen LogP contribution in [0.2, 0.25) is 0 Å². The predicted octanol–water partition coefficient (Wildman–Crippen LogP) is 1.77. The number of primary amides is 1. The fourth-order valence-electron chi connectivity index (χ4n) is 1.64. The van der Waals surface area contributed by atoms with Crippen LogP contribution in [0, 0.1) is 6.92 Å². The maximum absolute atomic E-state index is 11.8. The van der Waals surface area contributed by atoms with Crippen LogP contribution in [-0.4, -0.2) is 18.0 Å². The quantitative estimate of drug-likeness (QED) is 0.838. The molecule has 0 bridgehead atoms. The summed E-state index contributed by atoms with van der Waals surface area (Å²) in [5.74, 6) is -1.28. The Labute approximate surface area is 104 Å². The lowest BCUT2D eigenvalue weighted by Gasteiger charge is -2.07. The summed E-state index contributed by atoms with van der Waals surface area (Å²) in [6.07, 6.45) is -0.981. The molecule has 1 unspecified atom stereocenters. The third kappa shape index (κ3) is 2.07. The molecule has 5 nitrogen and oxygen atoms in total. The highest BCUT2D eigenvalue weighted by molar-refractivity contribution is 5.96. The Morgan fingerprint density at radius 1 is 1.33 bits per heavy atom. The molecule has 1 aromatic carbocycles. The Balaban J connectivity index is 2.34. The van der Waals surface area contributed by atoms with Crippen molar-refractivity contribution < 1.29 is 18.7 Å². The van der Waals surface area contributed by atoms with Gasteiger partial charge in [-0.05, 0) is 19.9 Å². The highest BCUT2D eigenvalue weighted by Gasteiger charge is 2.22. The van der Waals surface area contributed by atoms with Crippen molar-refractivity contribution in [2.24, 2.45) is 5.73 Å². The molecule has 18 heavy (non-hydrogen) atoms. The van der Waals surface area contributed by atoms with Gasteiger partial charge in [-0.2, -0.15) is 0 Å². The van der Waals surface area contributed by atoms with Crippen molar-refractivity contribution in [3.8, 4) is 0 Å². The van der Waals surface area contributed by atoms with Gasteiger partial charge in [0, 0.05) is 10.9 Å². The zero-order valence-electron chi connectivity index (χ0n) is 10.1. The number of carbonyl (C=O) groups is 2. The molecule has 2 N–H and O–H groups in total. The summed E-state index contributed by atoms with van der Waals surface area (Å²) in [5, 5.41) is 0.844. The average Bonchev–Trinajstić information content (AvgIpc) is 2.67. The van der Waals surface area contributed by atoms with E-state index < -0.39 is 18.0 Å². The third-order valence-electron chi connectivity index (χ3n) is 2.71. The number of nitrogens with two attached hydrogens (primary N) is 1. The summed E-state index contributed by atoms with van der Waals surface area (Å²) in [5.41, 5.74) is 6.32. The molecular formula is C13H13NO4. The molecular weight excluding hydrogens is 234 g/mol. The van der Waals surface area contributed by atoms with Gasteiger partial charge in [0.25, 0.3) is 5.91 Å². The van der Waals surface area contributed by atoms with Gasteiger partial charge in [-0.15, -0.1) is 0 Å². The number of hydrogen-bond acceptors (Lipinski definition) is 4. The van der Waals surface area contributed by atoms with Crippen molar-refractivity contribution in [3.63, 3.8) is 0 Å². The summed E-state index contributed by atoms with van der Waals surface area (Å²) >= 11 is 0. The lowest BCUT2D eigenvalue weighted by Crippen LogP contribution is -2.30. The Kier molecular flexibility index (Phi) is 3.06. The van der Waals surface area contributed by atoms with Gasteiger partial charge < -0.3 is 14.9 Å². The van der Waals surface area contributed by atoms with Crippen LogP contribution in [0.1, 0.15) is 23.0 Å². The monoisotopic (exact) mass is 247 g/mol. The second-order valence-electron chi connectivity index (χ2n) is 4.00. The third-order valence-corrected chi connectivity index (χ3v) is 2.71. The van der Waals surface area contributed by atoms with Crippen LogP contribution < -0.4 is 5.73 Å². The van der Waals surface area contributed by atoms with E-state index in [2.05, 4.69) is 0 Å². The Morgan fingerprint density at radius 2 is 2.00 bits per heavy atom. The van der Waals surface area contributed by atoms with E-state index in [-0.39, 0.29) is 5.76 Å². The standard InChI is InChI=1S/C13H13NO4/c1-7-9-5-3-4-6-10(9)18-11(7)13(16)17-8(2)12(14)15/h3-6,8H,1-2H3,(H2,14,15). The summed E-state index contributed by atoms with van der Waals surface area (Å²) in [6, 6.07) is 7.28. The maximum atomic E-state index is 11.8. The van der Waals surface area contributed by atoms with E-state index in [4.69, 9.17) is 14.9 Å². The normalized spacial score (nSPS) is 12.3. The van der Waals surface area contributed by atoms with Crippen LogP contribution in [0.25, 0.3) is 11.0 Å². The zero-order valence-corrected chi connectivity index (χ0v) is 10.1. The SMILES string of the molecule is Cc1c(C(=O)OC(C)C(N)=O)oc2ccccc12. The van der Waals surface area contributed by atoms with Gasteiger partial charge in [0.2, 0.25) is 5.76 Å². The molecule has 1 heterocycles. The van der Waals surface area contributed by atoms with Gasteiger partial charge in [-0.1, -0.05) is 18.2 Å². The van der Waals surface area contributed by atoms with Crippen molar-refractivity contribution in [1.29, 1.82) is 0 Å². The number of ether oxygens (including phenoxy) is 1. The number of aryl methyl sites for hydroxylation is 1. The van der Waals surface area contributed by atoms with Crippen LogP contribution in [-0.2, 0) is 9.53 Å². The molecule has 2 rings (SSSR count). The molecule has 1 atom stereocenters. The Hall–Kier alpha value is -2.30. The predicted molar refractivity (Wildman–Crippen MR) is 65.0 cm³/mol. The van der Waals surface area contributed by atoms with Crippen molar-refractivity contribution in [2.75, 3.05) is 0 Å². The highest BCUT2D eigenvalue weighted by Crippen LogP contribution is 2.25. The Bertz CT molecular complexity index is 614. The lowest BCUT2D eigenvalue weighted by atomic mass is 10.1. The Morgan fingerprint density at radius 3 is 2.61 bits per heavy atom. The summed E-state index contributed by atoms with van der Waals surface area (Å²) in [6.45, 7) is 3.18. The number of fused-ring (bicyclic) bond motifs is 1. The molecule has 0 aliphatic heterocycles. The number of carbonyl (C=O) groups excluding carboxylic acids is 2. The average molecular weight is 247 g/mol. The molecule has 0 aliphatic carbocycles. The summed E-state index contributed by atoms with van der Waals surface area (Å²) in [4.78, 5) is 22.7. The first-order valence-corrected chi connectivity index (χ1v) is 5.49. The van der Waals surface area contributed by atoms with Crippen LogP contribution >= 0.6 is 0 Å². The smallest absolute Gasteiger partial charge is 0.375 e. The summed E-state index contributed by atoms with van der Waals surface area (Å²) in [7, 11) is 0. The zero-order chi connectivity index (χ0) is 13.3. The summed E-state index contributed by atoms with van der Waals surface area (Å²) < 4.78 is 10.3. The number of hydrogen-bond donors (Lipinski definition) is 1. The number of amides is 1. The van der Waals surface area contributed by atoms with Crippen LogP contribution in [0.3, 0.4) is 0 Å². The largest absolute Gasteiger partial charge is 0.449 e. The number of rotatable bonds is 3. The number of furan rings is 1. The van der Waals surface area contributed by atoms with Gasteiger partial charge in [-0.25, -0.2) is 4.79 Å². The van der Waals surface area contributed by atoms with Crippen LogP contribution in [0.4, 0.5) is 0 Å². The number of para-hydroxylation sites is 1. The van der Waals surface area contributed by atoms with E-state index in [1.807, 2.05) is 18.2 Å². The van der Waals surface area contributed by atoms with E-state index >= 15 is 0 Å². The van der Waals surface area contributed by atoms with Crippen molar-refractivity contribution >= 4 is 22.8 Å². The fraction of sp³-hybridized carbons (Fsp3) is 0.231. The first kappa shape index (κ1) is 12.2. The van der Waals surface area contributed by atoms with Crippen molar-refractivity contribution in [1.82, 2.24) is 0 Å². The van der Waals surface area contributed by atoms with E-state index in [1.54, 1.807) is 13.0 Å². The maximum Gasteiger partial charge on any atom is 0.375 e. The van der Waals surface area contributed by atoms with Gasteiger partial charge in [0.05, 0.1) is 0 Å². The molecule has 0 spiro atoms. The molecule has 2 aromatic rings. The molecule has 0 radical (unpaired) electrons. The minimum Gasteiger partial charge on any atom is -0.449 e. The van der Waals surface area contributed by atoms with Gasteiger partial charge in [0.15, 0.2) is 6.10 Å². The first-order valence-electron chi connectivity index (χ1n) is 5.49. The van der Waals surface area contributed by atoms with Crippen LogP contribution in [0.5, 0.6) is 0 Å². The topological polar surface area (TPSA) is 82.5 Å². The molecule has 5 heteroatoms.